The molecule has 0 radical (unpaired) electrons. The summed E-state index contributed by atoms with van der Waals surface area (Å²) in [5.74, 6) is 3.48. The molecule has 2 saturated heterocycles. The summed E-state index contributed by atoms with van der Waals surface area (Å²) in [5, 5.41) is 7.73. The third-order valence-corrected chi connectivity index (χ3v) is 5.68. The first-order valence-electron chi connectivity index (χ1n) is 9.90. The number of hydrogen-bond donors (Lipinski definition) is 2. The van der Waals surface area contributed by atoms with Gasteiger partial charge in [0.15, 0.2) is 11.5 Å². The summed E-state index contributed by atoms with van der Waals surface area (Å²) in [7, 11) is 3.62. The Kier molecular flexibility index (Phi) is 5.64. The van der Waals surface area contributed by atoms with Crippen molar-refractivity contribution in [1.82, 2.24) is 10.3 Å². The standard InChI is InChI=1S/C21H29N3O3/c1-22-21-10-16(15-4-7-26-8-5-15)17-9-19(25-2)20(11-18(17)24-21)27-13-14-3-6-23-12-14/h9-11,14-15,23H,3-8,12-13H2,1-2H3,(H,22,24)/t14-/m1/s1. The number of methoxy groups -OCH3 is 1. The lowest BCUT2D eigenvalue weighted by Gasteiger charge is -2.24. The van der Waals surface area contributed by atoms with Crippen molar-refractivity contribution in [2.75, 3.05) is 52.4 Å². The van der Waals surface area contributed by atoms with Gasteiger partial charge >= 0.3 is 0 Å². The van der Waals surface area contributed by atoms with E-state index in [0.717, 1.165) is 73.8 Å². The zero-order valence-electron chi connectivity index (χ0n) is 16.2. The Labute approximate surface area is 160 Å². The van der Waals surface area contributed by atoms with Crippen LogP contribution in [-0.4, -0.2) is 52.1 Å². The van der Waals surface area contributed by atoms with E-state index in [1.807, 2.05) is 13.1 Å². The zero-order valence-corrected chi connectivity index (χ0v) is 16.2. The summed E-state index contributed by atoms with van der Waals surface area (Å²) in [6.45, 7) is 4.43. The van der Waals surface area contributed by atoms with E-state index in [0.29, 0.717) is 18.4 Å². The number of anilines is 1. The molecular formula is C21H29N3O3. The Morgan fingerprint density at radius 2 is 2.04 bits per heavy atom. The second kappa shape index (κ2) is 8.31. The van der Waals surface area contributed by atoms with E-state index in [-0.39, 0.29) is 0 Å². The molecule has 2 fully saturated rings. The fourth-order valence-electron chi connectivity index (χ4n) is 4.07. The van der Waals surface area contributed by atoms with Gasteiger partial charge in [-0.2, -0.15) is 0 Å². The van der Waals surface area contributed by atoms with Crippen molar-refractivity contribution in [1.29, 1.82) is 0 Å². The van der Waals surface area contributed by atoms with Crippen molar-refractivity contribution < 1.29 is 14.2 Å². The second-order valence-electron chi connectivity index (χ2n) is 7.42. The van der Waals surface area contributed by atoms with Crippen LogP contribution in [-0.2, 0) is 4.74 Å². The molecule has 0 bridgehead atoms. The molecule has 146 valence electrons. The predicted molar refractivity (Wildman–Crippen MR) is 107 cm³/mol. The minimum atomic E-state index is 0.484. The van der Waals surface area contributed by atoms with E-state index >= 15 is 0 Å². The normalized spacial score (nSPS) is 20.7. The Morgan fingerprint density at radius 3 is 2.74 bits per heavy atom. The minimum absolute atomic E-state index is 0.484. The van der Waals surface area contributed by atoms with E-state index in [2.05, 4.69) is 22.8 Å². The maximum Gasteiger partial charge on any atom is 0.163 e. The molecule has 6 nitrogen and oxygen atoms in total. The van der Waals surface area contributed by atoms with Gasteiger partial charge in [0.05, 0.1) is 19.2 Å². The molecule has 0 aliphatic carbocycles. The number of benzene rings is 1. The fraction of sp³-hybridized carbons (Fsp3) is 0.571. The summed E-state index contributed by atoms with van der Waals surface area (Å²) in [6.07, 6.45) is 3.24. The minimum Gasteiger partial charge on any atom is -0.493 e. The highest BCUT2D eigenvalue weighted by molar-refractivity contribution is 5.88. The highest BCUT2D eigenvalue weighted by Crippen LogP contribution is 2.39. The van der Waals surface area contributed by atoms with Gasteiger partial charge in [-0.1, -0.05) is 0 Å². The Bertz CT molecular complexity index is 784. The first-order valence-corrected chi connectivity index (χ1v) is 9.90. The summed E-state index contributed by atoms with van der Waals surface area (Å²) in [5.41, 5.74) is 2.26. The van der Waals surface area contributed by atoms with Crippen LogP contribution in [0.5, 0.6) is 11.5 Å². The van der Waals surface area contributed by atoms with Gasteiger partial charge in [0.25, 0.3) is 0 Å². The number of fused-ring (bicyclic) bond motifs is 1. The average molecular weight is 371 g/mol. The molecule has 0 spiro atoms. The quantitative estimate of drug-likeness (QED) is 0.813. The topological polar surface area (TPSA) is 64.6 Å². The third-order valence-electron chi connectivity index (χ3n) is 5.68. The number of ether oxygens (including phenoxy) is 3. The van der Waals surface area contributed by atoms with Crippen molar-refractivity contribution in [2.45, 2.75) is 25.2 Å². The van der Waals surface area contributed by atoms with Crippen LogP contribution in [0.25, 0.3) is 10.9 Å². The highest BCUT2D eigenvalue weighted by Gasteiger charge is 2.22. The Balaban J connectivity index is 1.70. The number of hydrogen-bond acceptors (Lipinski definition) is 6. The molecule has 1 aromatic heterocycles. The molecule has 0 amide bonds. The van der Waals surface area contributed by atoms with Crippen LogP contribution < -0.4 is 20.1 Å². The summed E-state index contributed by atoms with van der Waals surface area (Å²) in [6, 6.07) is 6.29. The molecule has 2 aliphatic rings. The smallest absolute Gasteiger partial charge is 0.163 e. The van der Waals surface area contributed by atoms with E-state index in [4.69, 9.17) is 19.2 Å². The van der Waals surface area contributed by atoms with E-state index in [1.54, 1.807) is 7.11 Å². The summed E-state index contributed by atoms with van der Waals surface area (Å²) in [4.78, 5) is 4.77. The number of rotatable bonds is 6. The van der Waals surface area contributed by atoms with Crippen molar-refractivity contribution >= 4 is 16.7 Å². The first kappa shape index (κ1) is 18.3. The highest BCUT2D eigenvalue weighted by atomic mass is 16.5. The van der Waals surface area contributed by atoms with Crippen LogP contribution in [0.15, 0.2) is 18.2 Å². The largest absolute Gasteiger partial charge is 0.493 e. The molecular weight excluding hydrogens is 342 g/mol. The molecule has 4 rings (SSSR count). The Hall–Kier alpha value is -2.05. The fourth-order valence-corrected chi connectivity index (χ4v) is 4.07. The van der Waals surface area contributed by atoms with Gasteiger partial charge in [0.1, 0.15) is 5.82 Å². The number of nitrogens with zero attached hydrogens (tertiary/aromatic N) is 1. The van der Waals surface area contributed by atoms with Crippen LogP contribution in [0.4, 0.5) is 5.82 Å². The van der Waals surface area contributed by atoms with Gasteiger partial charge in [-0.05, 0) is 49.4 Å². The molecule has 3 heterocycles. The number of nitrogens with one attached hydrogen (secondary N) is 2. The number of aromatic nitrogens is 1. The van der Waals surface area contributed by atoms with Gasteiger partial charge < -0.3 is 24.8 Å². The summed E-state index contributed by atoms with van der Waals surface area (Å²) >= 11 is 0. The lowest BCUT2D eigenvalue weighted by Crippen LogP contribution is -2.16. The van der Waals surface area contributed by atoms with Crippen LogP contribution in [0, 0.1) is 5.92 Å². The third kappa shape index (κ3) is 3.96. The molecule has 6 heteroatoms. The summed E-state index contributed by atoms with van der Waals surface area (Å²) < 4.78 is 17.3. The van der Waals surface area contributed by atoms with Crippen molar-refractivity contribution in [3.8, 4) is 11.5 Å². The van der Waals surface area contributed by atoms with Crippen molar-refractivity contribution in [3.63, 3.8) is 0 Å². The number of pyridine rings is 1. The zero-order chi connectivity index (χ0) is 18.6. The Morgan fingerprint density at radius 1 is 1.19 bits per heavy atom. The molecule has 2 aromatic rings. The van der Waals surface area contributed by atoms with Crippen molar-refractivity contribution in [3.05, 3.63) is 23.8 Å². The molecule has 0 unspecified atom stereocenters. The molecule has 1 atom stereocenters. The van der Waals surface area contributed by atoms with E-state index in [1.165, 1.54) is 5.56 Å². The van der Waals surface area contributed by atoms with Gasteiger partial charge in [0, 0.05) is 44.2 Å². The van der Waals surface area contributed by atoms with Gasteiger partial charge in [0.2, 0.25) is 0 Å². The molecule has 0 saturated carbocycles. The van der Waals surface area contributed by atoms with E-state index < -0.39 is 0 Å². The van der Waals surface area contributed by atoms with Crippen LogP contribution in [0.1, 0.15) is 30.7 Å². The maximum absolute atomic E-state index is 6.13. The van der Waals surface area contributed by atoms with Crippen molar-refractivity contribution in [2.24, 2.45) is 5.92 Å². The van der Waals surface area contributed by atoms with Crippen LogP contribution in [0.3, 0.4) is 0 Å². The maximum atomic E-state index is 6.13. The SMILES string of the molecule is CNc1cc(C2CCOCC2)c2cc(OC)c(OC[C@@H]3CCNC3)cc2n1. The van der Waals surface area contributed by atoms with Gasteiger partial charge in [-0.25, -0.2) is 4.98 Å². The molecule has 27 heavy (non-hydrogen) atoms. The molecule has 2 N–H and O–H groups in total. The van der Waals surface area contributed by atoms with E-state index in [9.17, 15) is 0 Å². The molecule has 1 aromatic carbocycles. The van der Waals surface area contributed by atoms with Crippen LogP contribution >= 0.6 is 0 Å². The average Bonchev–Trinajstić information content (AvgIpc) is 3.25. The monoisotopic (exact) mass is 371 g/mol. The van der Waals surface area contributed by atoms with Gasteiger partial charge in [-0.15, -0.1) is 0 Å². The lowest BCUT2D eigenvalue weighted by molar-refractivity contribution is 0.0856. The molecule has 2 aliphatic heterocycles. The second-order valence-corrected chi connectivity index (χ2v) is 7.42. The predicted octanol–water partition coefficient (Wildman–Crippen LogP) is 3.17. The first-order chi connectivity index (χ1) is 13.3. The van der Waals surface area contributed by atoms with Gasteiger partial charge in [-0.3, -0.25) is 0 Å². The lowest BCUT2D eigenvalue weighted by atomic mass is 9.89. The van der Waals surface area contributed by atoms with Crippen LogP contribution in [0.2, 0.25) is 0 Å².